The highest BCUT2D eigenvalue weighted by atomic mass is 35.5. The summed E-state index contributed by atoms with van der Waals surface area (Å²) >= 11 is 11.8. The van der Waals surface area contributed by atoms with Gasteiger partial charge >= 0.3 is 6.18 Å². The first kappa shape index (κ1) is 17.1. The Kier molecular flexibility index (Phi) is 6.58. The van der Waals surface area contributed by atoms with Gasteiger partial charge in [-0.25, -0.2) is 0 Å². The summed E-state index contributed by atoms with van der Waals surface area (Å²) in [5.41, 5.74) is 0.476. The number of halogens is 5. The van der Waals surface area contributed by atoms with E-state index in [1.807, 2.05) is 0 Å². The second-order valence-corrected chi connectivity index (χ2v) is 4.71. The summed E-state index contributed by atoms with van der Waals surface area (Å²) in [6, 6.07) is 4.85. The van der Waals surface area contributed by atoms with Gasteiger partial charge < -0.3 is 10.1 Å². The number of nitrogens with one attached hydrogen (secondary N) is 1. The Bertz CT molecular complexity index is 446. The third-order valence-corrected chi connectivity index (χ3v) is 2.94. The van der Waals surface area contributed by atoms with Crippen molar-refractivity contribution < 1.29 is 22.7 Å². The van der Waals surface area contributed by atoms with E-state index in [9.17, 15) is 18.0 Å². The van der Waals surface area contributed by atoms with E-state index < -0.39 is 18.7 Å². The van der Waals surface area contributed by atoms with E-state index in [4.69, 9.17) is 23.2 Å². The number of hydrogen-bond acceptors (Lipinski definition) is 2. The molecule has 0 aliphatic heterocycles. The lowest BCUT2D eigenvalue weighted by Crippen LogP contribution is -2.30. The van der Waals surface area contributed by atoms with Crippen molar-refractivity contribution in [2.75, 3.05) is 19.8 Å². The highest BCUT2D eigenvalue weighted by Gasteiger charge is 2.27. The molecule has 0 saturated heterocycles. The van der Waals surface area contributed by atoms with Gasteiger partial charge in [-0.2, -0.15) is 13.2 Å². The van der Waals surface area contributed by atoms with E-state index in [2.05, 4.69) is 10.1 Å². The van der Waals surface area contributed by atoms with Gasteiger partial charge in [0.1, 0.15) is 6.61 Å². The Labute approximate surface area is 124 Å². The Morgan fingerprint density at radius 3 is 2.40 bits per heavy atom. The molecule has 1 rings (SSSR count). The molecule has 0 aliphatic carbocycles. The fraction of sp³-hybridized carbons (Fsp3) is 0.417. The van der Waals surface area contributed by atoms with Crippen LogP contribution >= 0.6 is 23.2 Å². The SMILES string of the molecule is O=C(Cc1c(Cl)cccc1Cl)NCCOCC(F)(F)F. The van der Waals surface area contributed by atoms with E-state index in [1.165, 1.54) is 0 Å². The first-order chi connectivity index (χ1) is 9.29. The summed E-state index contributed by atoms with van der Waals surface area (Å²) in [5.74, 6) is -0.393. The van der Waals surface area contributed by atoms with Gasteiger partial charge in [-0.15, -0.1) is 0 Å². The third kappa shape index (κ3) is 6.45. The van der Waals surface area contributed by atoms with E-state index in [0.29, 0.717) is 15.6 Å². The molecule has 0 aliphatic rings. The largest absolute Gasteiger partial charge is 0.411 e. The van der Waals surface area contributed by atoms with Crippen LogP contribution in [0, 0.1) is 0 Å². The average Bonchev–Trinajstić information content (AvgIpc) is 2.32. The second kappa shape index (κ2) is 7.71. The molecule has 0 unspecified atom stereocenters. The molecule has 1 N–H and O–H groups in total. The third-order valence-electron chi connectivity index (χ3n) is 2.23. The smallest absolute Gasteiger partial charge is 0.370 e. The van der Waals surface area contributed by atoms with Crippen molar-refractivity contribution in [3.05, 3.63) is 33.8 Å². The maximum Gasteiger partial charge on any atom is 0.411 e. The van der Waals surface area contributed by atoms with Gasteiger partial charge in [-0.1, -0.05) is 29.3 Å². The van der Waals surface area contributed by atoms with Crippen LogP contribution in [0.2, 0.25) is 10.0 Å². The fourth-order valence-corrected chi connectivity index (χ4v) is 1.91. The number of hydrogen-bond donors (Lipinski definition) is 1. The number of ether oxygens (including phenoxy) is 1. The summed E-state index contributed by atoms with van der Waals surface area (Å²) in [7, 11) is 0. The predicted octanol–water partition coefficient (Wildman–Crippen LogP) is 3.23. The molecular formula is C12H12Cl2F3NO2. The van der Waals surface area contributed by atoms with Crippen molar-refractivity contribution in [3.63, 3.8) is 0 Å². The molecule has 1 amide bonds. The zero-order valence-corrected chi connectivity index (χ0v) is 11.8. The van der Waals surface area contributed by atoms with E-state index in [1.54, 1.807) is 18.2 Å². The van der Waals surface area contributed by atoms with Crippen LogP contribution in [0.4, 0.5) is 13.2 Å². The number of carbonyl (C=O) groups is 1. The molecule has 0 spiro atoms. The average molecular weight is 330 g/mol. The molecule has 20 heavy (non-hydrogen) atoms. The van der Waals surface area contributed by atoms with Crippen molar-refractivity contribution in [2.24, 2.45) is 0 Å². The van der Waals surface area contributed by atoms with E-state index in [0.717, 1.165) is 0 Å². The predicted molar refractivity (Wildman–Crippen MR) is 70.0 cm³/mol. The van der Waals surface area contributed by atoms with Gasteiger partial charge in [0.15, 0.2) is 0 Å². The van der Waals surface area contributed by atoms with Gasteiger partial charge in [-0.05, 0) is 17.7 Å². The molecule has 0 radical (unpaired) electrons. The lowest BCUT2D eigenvalue weighted by molar-refractivity contribution is -0.173. The topological polar surface area (TPSA) is 38.3 Å². The number of amides is 1. The minimum absolute atomic E-state index is 0.0169. The molecular weight excluding hydrogens is 318 g/mol. The molecule has 3 nitrogen and oxygen atoms in total. The lowest BCUT2D eigenvalue weighted by atomic mass is 10.1. The van der Waals surface area contributed by atoms with Crippen molar-refractivity contribution in [2.45, 2.75) is 12.6 Å². The molecule has 0 fully saturated rings. The highest BCUT2D eigenvalue weighted by molar-refractivity contribution is 6.36. The molecule has 0 aromatic heterocycles. The quantitative estimate of drug-likeness (QED) is 0.814. The fourth-order valence-electron chi connectivity index (χ4n) is 1.37. The first-order valence-electron chi connectivity index (χ1n) is 5.63. The summed E-state index contributed by atoms with van der Waals surface area (Å²) in [5, 5.41) is 3.15. The zero-order chi connectivity index (χ0) is 15.2. The summed E-state index contributed by atoms with van der Waals surface area (Å²) < 4.78 is 39.7. The van der Waals surface area contributed by atoms with Gasteiger partial charge in [0, 0.05) is 16.6 Å². The van der Waals surface area contributed by atoms with Crippen LogP contribution in [0.1, 0.15) is 5.56 Å². The number of carbonyl (C=O) groups excluding carboxylic acids is 1. The second-order valence-electron chi connectivity index (χ2n) is 3.89. The minimum Gasteiger partial charge on any atom is -0.370 e. The van der Waals surface area contributed by atoms with Crippen molar-refractivity contribution in [1.29, 1.82) is 0 Å². The Morgan fingerprint density at radius 1 is 1.25 bits per heavy atom. The molecule has 112 valence electrons. The molecule has 0 bridgehead atoms. The number of alkyl halides is 3. The van der Waals surface area contributed by atoms with Crippen molar-refractivity contribution in [3.8, 4) is 0 Å². The Morgan fingerprint density at radius 2 is 1.85 bits per heavy atom. The molecule has 8 heteroatoms. The molecule has 0 atom stereocenters. The maximum atomic E-state index is 11.8. The highest BCUT2D eigenvalue weighted by Crippen LogP contribution is 2.24. The maximum absolute atomic E-state index is 11.8. The minimum atomic E-state index is -4.37. The zero-order valence-electron chi connectivity index (χ0n) is 10.3. The van der Waals surface area contributed by atoms with Gasteiger partial charge in [0.2, 0.25) is 5.91 Å². The van der Waals surface area contributed by atoms with Crippen LogP contribution in [0.15, 0.2) is 18.2 Å². The Balaban J connectivity index is 2.31. The van der Waals surface area contributed by atoms with Gasteiger partial charge in [-0.3, -0.25) is 4.79 Å². The van der Waals surface area contributed by atoms with E-state index in [-0.39, 0.29) is 19.6 Å². The normalized spacial score (nSPS) is 11.4. The lowest BCUT2D eigenvalue weighted by Gasteiger charge is -2.09. The first-order valence-corrected chi connectivity index (χ1v) is 6.39. The van der Waals surface area contributed by atoms with Crippen LogP contribution in [-0.4, -0.2) is 31.8 Å². The summed E-state index contributed by atoms with van der Waals surface area (Å²) in [6.45, 7) is -1.57. The van der Waals surface area contributed by atoms with Crippen molar-refractivity contribution in [1.82, 2.24) is 5.32 Å². The Hall–Kier alpha value is -0.980. The molecule has 0 heterocycles. The number of benzene rings is 1. The van der Waals surface area contributed by atoms with Gasteiger partial charge in [0.25, 0.3) is 0 Å². The van der Waals surface area contributed by atoms with Crippen LogP contribution in [-0.2, 0) is 16.0 Å². The van der Waals surface area contributed by atoms with Crippen LogP contribution in [0.3, 0.4) is 0 Å². The van der Waals surface area contributed by atoms with Crippen LogP contribution in [0.5, 0.6) is 0 Å². The van der Waals surface area contributed by atoms with Crippen LogP contribution in [0.25, 0.3) is 0 Å². The summed E-state index contributed by atoms with van der Waals surface area (Å²) in [6.07, 6.45) is -4.41. The van der Waals surface area contributed by atoms with Crippen molar-refractivity contribution >= 4 is 29.1 Å². The molecule has 1 aromatic carbocycles. The molecule has 1 aromatic rings. The number of rotatable bonds is 6. The van der Waals surface area contributed by atoms with Crippen LogP contribution < -0.4 is 5.32 Å². The molecule has 0 saturated carbocycles. The van der Waals surface area contributed by atoms with E-state index >= 15 is 0 Å². The standard InChI is InChI=1S/C12H12Cl2F3NO2/c13-9-2-1-3-10(14)8(9)6-11(19)18-4-5-20-7-12(15,16)17/h1-3H,4-7H2,(H,18,19). The van der Waals surface area contributed by atoms with Gasteiger partial charge in [0.05, 0.1) is 13.0 Å². The monoisotopic (exact) mass is 329 g/mol. The summed E-state index contributed by atoms with van der Waals surface area (Å²) in [4.78, 5) is 11.6.